The fraction of sp³-hybridized carbons (Fsp3) is 0.231. The number of carboxylic acids is 1. The summed E-state index contributed by atoms with van der Waals surface area (Å²) in [6, 6.07) is 3.25. The number of aryl methyl sites for hydroxylation is 1. The molecule has 0 amide bonds. The lowest BCUT2D eigenvalue weighted by atomic mass is 10.0. The number of hydrogen-bond acceptors (Lipinski definition) is 4. The quantitative estimate of drug-likeness (QED) is 0.935. The Hall–Kier alpha value is -1.82. The summed E-state index contributed by atoms with van der Waals surface area (Å²) >= 11 is 3.49. The maximum absolute atomic E-state index is 10.8. The van der Waals surface area contributed by atoms with Gasteiger partial charge in [-0.2, -0.15) is 0 Å². The van der Waals surface area contributed by atoms with Crippen molar-refractivity contribution in [2.45, 2.75) is 13.8 Å². The number of halogens is 1. The molecular formula is C13H12BrNO4. The van der Waals surface area contributed by atoms with Crippen LogP contribution in [0.15, 0.2) is 21.1 Å². The van der Waals surface area contributed by atoms with Gasteiger partial charge in [0.05, 0.1) is 12.7 Å². The summed E-state index contributed by atoms with van der Waals surface area (Å²) in [7, 11) is 1.56. The monoisotopic (exact) mass is 325 g/mol. The zero-order chi connectivity index (χ0) is 14.2. The van der Waals surface area contributed by atoms with E-state index in [1.165, 1.54) is 6.07 Å². The first-order valence-electron chi connectivity index (χ1n) is 5.49. The molecule has 0 aliphatic rings. The average molecular weight is 326 g/mol. The summed E-state index contributed by atoms with van der Waals surface area (Å²) in [5, 5.41) is 12.4. The minimum atomic E-state index is -1.13. The van der Waals surface area contributed by atoms with E-state index in [1.54, 1.807) is 7.11 Å². The number of nitrogens with zero attached hydrogens (tertiary/aromatic N) is 1. The standard InChI is InChI=1S/C13H12BrNO4/c1-6-4-8(12(18-3)7(2)11(6)14)10-5-9(13(16)17)15-19-10/h4-5H,1-3H3,(H,16,17). The van der Waals surface area contributed by atoms with Crippen LogP contribution >= 0.6 is 15.9 Å². The maximum Gasteiger partial charge on any atom is 0.358 e. The van der Waals surface area contributed by atoms with Crippen molar-refractivity contribution in [2.75, 3.05) is 7.11 Å². The van der Waals surface area contributed by atoms with Crippen molar-refractivity contribution in [2.24, 2.45) is 0 Å². The zero-order valence-electron chi connectivity index (χ0n) is 10.7. The van der Waals surface area contributed by atoms with Gasteiger partial charge >= 0.3 is 5.97 Å². The zero-order valence-corrected chi connectivity index (χ0v) is 12.2. The Morgan fingerprint density at radius 2 is 2.11 bits per heavy atom. The van der Waals surface area contributed by atoms with E-state index in [4.69, 9.17) is 14.4 Å². The highest BCUT2D eigenvalue weighted by Gasteiger charge is 2.19. The first kappa shape index (κ1) is 13.6. The molecule has 5 nitrogen and oxygen atoms in total. The number of rotatable bonds is 3. The highest BCUT2D eigenvalue weighted by molar-refractivity contribution is 9.10. The molecule has 0 spiro atoms. The van der Waals surface area contributed by atoms with Gasteiger partial charge in [0.1, 0.15) is 5.75 Å². The molecule has 0 atom stereocenters. The lowest BCUT2D eigenvalue weighted by Gasteiger charge is -2.13. The maximum atomic E-state index is 10.8. The first-order chi connectivity index (χ1) is 8.95. The molecule has 2 rings (SSSR count). The molecule has 6 heteroatoms. The minimum Gasteiger partial charge on any atom is -0.496 e. The summed E-state index contributed by atoms with van der Waals surface area (Å²) in [4.78, 5) is 10.8. The predicted octanol–water partition coefficient (Wildman–Crippen LogP) is 3.43. The van der Waals surface area contributed by atoms with Gasteiger partial charge in [0.25, 0.3) is 0 Å². The van der Waals surface area contributed by atoms with Gasteiger partial charge in [-0.1, -0.05) is 21.1 Å². The van der Waals surface area contributed by atoms with Gasteiger partial charge < -0.3 is 14.4 Å². The van der Waals surface area contributed by atoms with Gasteiger partial charge in [-0.05, 0) is 25.5 Å². The largest absolute Gasteiger partial charge is 0.496 e. The third-order valence-electron chi connectivity index (χ3n) is 2.82. The van der Waals surface area contributed by atoms with E-state index < -0.39 is 5.97 Å². The highest BCUT2D eigenvalue weighted by atomic mass is 79.9. The summed E-state index contributed by atoms with van der Waals surface area (Å²) in [5.41, 5.74) is 2.48. The molecule has 0 aliphatic heterocycles. The van der Waals surface area contributed by atoms with Crippen molar-refractivity contribution in [3.8, 4) is 17.1 Å². The lowest BCUT2D eigenvalue weighted by molar-refractivity contribution is 0.0686. The van der Waals surface area contributed by atoms with Gasteiger partial charge in [-0.15, -0.1) is 0 Å². The molecule has 0 bridgehead atoms. The van der Waals surface area contributed by atoms with Crippen LogP contribution in [0.5, 0.6) is 5.75 Å². The molecule has 0 saturated heterocycles. The molecule has 1 aromatic heterocycles. The molecule has 100 valence electrons. The van der Waals surface area contributed by atoms with Crippen LogP contribution in [0.1, 0.15) is 21.6 Å². The number of hydrogen-bond donors (Lipinski definition) is 1. The fourth-order valence-corrected chi connectivity index (χ4v) is 2.19. The van der Waals surface area contributed by atoms with Gasteiger partial charge in [0.2, 0.25) is 0 Å². The van der Waals surface area contributed by atoms with Crippen LogP contribution in [-0.2, 0) is 0 Å². The number of carboxylic acid groups (broad SMARTS) is 1. The van der Waals surface area contributed by atoms with Crippen LogP contribution in [0.2, 0.25) is 0 Å². The third-order valence-corrected chi connectivity index (χ3v) is 4.04. The number of benzene rings is 1. The molecule has 0 radical (unpaired) electrons. The normalized spacial score (nSPS) is 10.5. The first-order valence-corrected chi connectivity index (χ1v) is 6.29. The summed E-state index contributed by atoms with van der Waals surface area (Å²) in [6.07, 6.45) is 0. The number of carbonyl (C=O) groups is 1. The molecule has 0 fully saturated rings. The molecule has 19 heavy (non-hydrogen) atoms. The van der Waals surface area contributed by atoms with Gasteiger partial charge in [-0.3, -0.25) is 0 Å². The van der Waals surface area contributed by atoms with Crippen molar-refractivity contribution >= 4 is 21.9 Å². The van der Waals surface area contributed by atoms with Gasteiger partial charge in [-0.25, -0.2) is 4.79 Å². The smallest absolute Gasteiger partial charge is 0.358 e. The number of methoxy groups -OCH3 is 1. The topological polar surface area (TPSA) is 72.6 Å². The number of aromatic nitrogens is 1. The van der Waals surface area contributed by atoms with E-state index in [2.05, 4.69) is 21.1 Å². The molecule has 1 aromatic carbocycles. The Balaban J connectivity index is 2.63. The molecule has 0 saturated carbocycles. The van der Waals surface area contributed by atoms with Crippen LogP contribution in [0.25, 0.3) is 11.3 Å². The van der Waals surface area contributed by atoms with E-state index in [1.807, 2.05) is 19.9 Å². The van der Waals surface area contributed by atoms with Crippen molar-refractivity contribution in [1.29, 1.82) is 0 Å². The predicted molar refractivity (Wildman–Crippen MR) is 72.6 cm³/mol. The summed E-state index contributed by atoms with van der Waals surface area (Å²) < 4.78 is 11.4. The van der Waals surface area contributed by atoms with Crippen LogP contribution in [0.3, 0.4) is 0 Å². The molecule has 2 aromatic rings. The lowest BCUT2D eigenvalue weighted by Crippen LogP contribution is -1.95. The second-order valence-electron chi connectivity index (χ2n) is 4.09. The van der Waals surface area contributed by atoms with Crippen molar-refractivity contribution in [3.05, 3.63) is 33.4 Å². The van der Waals surface area contributed by atoms with Gasteiger partial charge in [0, 0.05) is 16.1 Å². The van der Waals surface area contributed by atoms with Crippen molar-refractivity contribution in [1.82, 2.24) is 5.16 Å². The Morgan fingerprint density at radius 3 is 2.63 bits per heavy atom. The van der Waals surface area contributed by atoms with Crippen LogP contribution in [0.4, 0.5) is 0 Å². The van der Waals surface area contributed by atoms with Crippen molar-refractivity contribution in [3.63, 3.8) is 0 Å². The molecule has 0 unspecified atom stereocenters. The molecular weight excluding hydrogens is 314 g/mol. The molecule has 0 aliphatic carbocycles. The van der Waals surface area contributed by atoms with Crippen LogP contribution in [-0.4, -0.2) is 23.3 Å². The Morgan fingerprint density at radius 1 is 1.42 bits per heavy atom. The second kappa shape index (κ2) is 5.05. The number of aromatic carboxylic acids is 1. The molecule has 1 N–H and O–H groups in total. The average Bonchev–Trinajstić information content (AvgIpc) is 2.85. The Bertz CT molecular complexity index is 648. The summed E-state index contributed by atoms with van der Waals surface area (Å²) in [5.74, 6) is -0.127. The minimum absolute atomic E-state index is 0.129. The molecule has 1 heterocycles. The van der Waals surface area contributed by atoms with E-state index in [9.17, 15) is 4.79 Å². The fourth-order valence-electron chi connectivity index (χ4n) is 1.89. The van der Waals surface area contributed by atoms with Crippen molar-refractivity contribution < 1.29 is 19.2 Å². The number of ether oxygens (including phenoxy) is 1. The SMILES string of the molecule is COc1c(-c2cc(C(=O)O)no2)cc(C)c(Br)c1C. The van der Waals surface area contributed by atoms with E-state index >= 15 is 0 Å². The summed E-state index contributed by atoms with van der Waals surface area (Å²) in [6.45, 7) is 3.85. The van der Waals surface area contributed by atoms with Crippen LogP contribution in [0, 0.1) is 13.8 Å². The Kier molecular flexibility index (Phi) is 3.61. The third kappa shape index (κ3) is 2.35. The van der Waals surface area contributed by atoms with Gasteiger partial charge in [0.15, 0.2) is 11.5 Å². The van der Waals surface area contributed by atoms with E-state index in [0.29, 0.717) is 17.1 Å². The Labute approximate surface area is 118 Å². The van der Waals surface area contributed by atoms with Crippen LogP contribution < -0.4 is 4.74 Å². The van der Waals surface area contributed by atoms with E-state index in [0.717, 1.165) is 15.6 Å². The highest BCUT2D eigenvalue weighted by Crippen LogP contribution is 2.39. The van der Waals surface area contributed by atoms with E-state index in [-0.39, 0.29) is 5.69 Å². The second-order valence-corrected chi connectivity index (χ2v) is 4.89.